The molecule has 0 aliphatic rings. The molecule has 0 radical (unpaired) electrons. The second-order valence-corrected chi connectivity index (χ2v) is 7.03. The van der Waals surface area contributed by atoms with Gasteiger partial charge in [0.1, 0.15) is 5.82 Å². The number of aromatic nitrogens is 4. The minimum absolute atomic E-state index is 0.125. The number of anilines is 1. The summed E-state index contributed by atoms with van der Waals surface area (Å²) in [7, 11) is 0. The highest BCUT2D eigenvalue weighted by Gasteiger charge is 2.20. The van der Waals surface area contributed by atoms with Crippen molar-refractivity contribution in [2.24, 2.45) is 0 Å². The molecule has 0 fully saturated rings. The molecular weight excluding hydrogens is 314 g/mol. The molecule has 1 amide bonds. The Labute approximate surface area is 139 Å². The summed E-state index contributed by atoms with van der Waals surface area (Å²) in [6, 6.07) is 1.74. The van der Waals surface area contributed by atoms with Crippen LogP contribution in [0.5, 0.6) is 0 Å². The van der Waals surface area contributed by atoms with Crippen LogP contribution in [0.15, 0.2) is 28.4 Å². The molecule has 23 heavy (non-hydrogen) atoms. The molecule has 0 atom stereocenters. The van der Waals surface area contributed by atoms with Gasteiger partial charge in [0, 0.05) is 18.0 Å². The molecule has 0 unspecified atom stereocenters. The Balaban J connectivity index is 1.93. The molecule has 2 rings (SSSR count). The number of rotatable bonds is 6. The van der Waals surface area contributed by atoms with Crippen molar-refractivity contribution in [1.82, 2.24) is 19.9 Å². The van der Waals surface area contributed by atoms with Gasteiger partial charge in [-0.2, -0.15) is 0 Å². The monoisotopic (exact) mass is 335 g/mol. The number of amides is 1. The van der Waals surface area contributed by atoms with Crippen LogP contribution in [0.2, 0.25) is 0 Å². The van der Waals surface area contributed by atoms with Crippen LogP contribution >= 0.6 is 11.8 Å². The number of hydrogen-bond donors (Lipinski definition) is 1. The van der Waals surface area contributed by atoms with E-state index in [1.165, 1.54) is 11.8 Å². The SMILES string of the molecule is C=CCn1c(C)nnc1SCC(=O)Nc1cc(C(C)(C)C)no1. The molecule has 2 heterocycles. The maximum absolute atomic E-state index is 12.0. The van der Waals surface area contributed by atoms with E-state index in [9.17, 15) is 4.79 Å². The van der Waals surface area contributed by atoms with Crippen molar-refractivity contribution in [3.05, 3.63) is 30.2 Å². The molecule has 0 spiro atoms. The quantitative estimate of drug-likeness (QED) is 0.645. The molecule has 8 heteroatoms. The Morgan fingerprint density at radius 3 is 2.83 bits per heavy atom. The average Bonchev–Trinajstić information content (AvgIpc) is 3.05. The molecule has 0 saturated heterocycles. The fraction of sp³-hybridized carbons (Fsp3) is 0.467. The normalized spacial score (nSPS) is 11.5. The lowest BCUT2D eigenvalue weighted by Crippen LogP contribution is -2.14. The van der Waals surface area contributed by atoms with Crippen molar-refractivity contribution in [3.8, 4) is 0 Å². The first kappa shape index (κ1) is 17.3. The maximum atomic E-state index is 12.0. The molecular formula is C15H21N5O2S. The third kappa shape index (κ3) is 4.44. The van der Waals surface area contributed by atoms with Crippen molar-refractivity contribution in [1.29, 1.82) is 0 Å². The van der Waals surface area contributed by atoms with E-state index in [4.69, 9.17) is 4.52 Å². The molecule has 2 aromatic rings. The highest BCUT2D eigenvalue weighted by Crippen LogP contribution is 2.24. The molecule has 1 N–H and O–H groups in total. The molecule has 7 nitrogen and oxygen atoms in total. The lowest BCUT2D eigenvalue weighted by molar-refractivity contribution is -0.113. The summed E-state index contributed by atoms with van der Waals surface area (Å²) in [6.07, 6.45) is 1.77. The van der Waals surface area contributed by atoms with Crippen LogP contribution in [0, 0.1) is 6.92 Å². The van der Waals surface area contributed by atoms with Gasteiger partial charge in [0.15, 0.2) is 5.16 Å². The molecule has 0 aromatic carbocycles. The number of nitrogens with zero attached hydrogens (tertiary/aromatic N) is 4. The van der Waals surface area contributed by atoms with Crippen LogP contribution in [0.1, 0.15) is 32.3 Å². The number of carbonyl (C=O) groups excluding carboxylic acids is 1. The second kappa shape index (κ2) is 6.99. The van der Waals surface area contributed by atoms with Crippen molar-refractivity contribution in [2.45, 2.75) is 44.8 Å². The first-order valence-corrected chi connectivity index (χ1v) is 8.20. The largest absolute Gasteiger partial charge is 0.338 e. The molecule has 0 aliphatic heterocycles. The summed E-state index contributed by atoms with van der Waals surface area (Å²) in [5.41, 5.74) is 0.668. The zero-order valence-corrected chi connectivity index (χ0v) is 14.6. The number of hydrogen-bond acceptors (Lipinski definition) is 6. The molecule has 124 valence electrons. The molecule has 0 bridgehead atoms. The first-order chi connectivity index (χ1) is 10.8. The van der Waals surface area contributed by atoms with Gasteiger partial charge in [-0.1, -0.05) is 43.8 Å². The number of allylic oxidation sites excluding steroid dienone is 1. The van der Waals surface area contributed by atoms with E-state index in [2.05, 4.69) is 27.2 Å². The van der Waals surface area contributed by atoms with Crippen LogP contribution in [0.3, 0.4) is 0 Å². The summed E-state index contributed by atoms with van der Waals surface area (Å²) < 4.78 is 7.04. The fourth-order valence-corrected chi connectivity index (χ4v) is 2.59. The number of carbonyl (C=O) groups is 1. The van der Waals surface area contributed by atoms with Crippen LogP contribution in [0.4, 0.5) is 5.88 Å². The van der Waals surface area contributed by atoms with E-state index in [0.717, 1.165) is 11.5 Å². The van der Waals surface area contributed by atoms with Gasteiger partial charge in [-0.05, 0) is 6.92 Å². The smallest absolute Gasteiger partial charge is 0.237 e. The first-order valence-electron chi connectivity index (χ1n) is 7.22. The van der Waals surface area contributed by atoms with Crippen LogP contribution < -0.4 is 5.32 Å². The van der Waals surface area contributed by atoms with Gasteiger partial charge in [-0.3, -0.25) is 10.1 Å². The van der Waals surface area contributed by atoms with E-state index < -0.39 is 0 Å². The minimum Gasteiger partial charge on any atom is -0.338 e. The molecule has 0 aliphatic carbocycles. The van der Waals surface area contributed by atoms with E-state index >= 15 is 0 Å². The Morgan fingerprint density at radius 2 is 2.22 bits per heavy atom. The van der Waals surface area contributed by atoms with Gasteiger partial charge >= 0.3 is 0 Å². The third-order valence-corrected chi connectivity index (χ3v) is 4.05. The van der Waals surface area contributed by atoms with Gasteiger partial charge in [0.25, 0.3) is 0 Å². The average molecular weight is 335 g/mol. The summed E-state index contributed by atoms with van der Waals surface area (Å²) >= 11 is 1.31. The molecule has 0 saturated carbocycles. The second-order valence-electron chi connectivity index (χ2n) is 6.09. The maximum Gasteiger partial charge on any atom is 0.237 e. The zero-order valence-electron chi connectivity index (χ0n) is 13.8. The van der Waals surface area contributed by atoms with E-state index in [0.29, 0.717) is 17.6 Å². The van der Waals surface area contributed by atoms with Crippen molar-refractivity contribution in [2.75, 3.05) is 11.1 Å². The van der Waals surface area contributed by atoms with E-state index in [1.807, 2.05) is 32.3 Å². The van der Waals surface area contributed by atoms with Crippen molar-refractivity contribution in [3.63, 3.8) is 0 Å². The standard InChI is InChI=1S/C15H21N5O2S/c1-6-7-20-10(2)17-18-14(20)23-9-12(21)16-13-8-11(19-22-13)15(3,4)5/h6,8H,1,7,9H2,2-5H3,(H,16,21). The van der Waals surface area contributed by atoms with Crippen LogP contribution in [0.25, 0.3) is 0 Å². The zero-order chi connectivity index (χ0) is 17.0. The predicted molar refractivity (Wildman–Crippen MR) is 89.5 cm³/mol. The van der Waals surface area contributed by atoms with Crippen molar-refractivity contribution < 1.29 is 9.32 Å². The minimum atomic E-state index is -0.183. The summed E-state index contributed by atoms with van der Waals surface area (Å²) in [4.78, 5) is 12.0. The number of nitrogens with one attached hydrogen (secondary N) is 1. The van der Waals surface area contributed by atoms with Crippen LogP contribution in [-0.4, -0.2) is 31.6 Å². The highest BCUT2D eigenvalue weighted by molar-refractivity contribution is 7.99. The van der Waals surface area contributed by atoms with E-state index in [1.54, 1.807) is 12.1 Å². The summed E-state index contributed by atoms with van der Waals surface area (Å²) in [5.74, 6) is 1.17. The third-order valence-electron chi connectivity index (χ3n) is 3.09. The Bertz CT molecular complexity index is 699. The summed E-state index contributed by atoms with van der Waals surface area (Å²) in [6.45, 7) is 12.3. The Kier molecular flexibility index (Phi) is 5.25. The van der Waals surface area contributed by atoms with Crippen molar-refractivity contribution >= 4 is 23.6 Å². The fourth-order valence-electron chi connectivity index (χ4n) is 1.80. The van der Waals surface area contributed by atoms with Gasteiger partial charge in [-0.15, -0.1) is 16.8 Å². The lowest BCUT2D eigenvalue weighted by atomic mass is 9.92. The Hall–Kier alpha value is -2.09. The molecule has 2 aromatic heterocycles. The predicted octanol–water partition coefficient (Wildman–Crippen LogP) is 2.79. The van der Waals surface area contributed by atoms with Gasteiger partial charge in [0.05, 0.1) is 11.4 Å². The lowest BCUT2D eigenvalue weighted by Gasteiger charge is -2.12. The number of thioether (sulfide) groups is 1. The summed E-state index contributed by atoms with van der Waals surface area (Å²) in [5, 5.41) is 15.4. The van der Waals surface area contributed by atoms with Gasteiger partial charge < -0.3 is 9.09 Å². The topological polar surface area (TPSA) is 85.8 Å². The van der Waals surface area contributed by atoms with Gasteiger partial charge in [-0.25, -0.2) is 0 Å². The van der Waals surface area contributed by atoms with E-state index in [-0.39, 0.29) is 17.1 Å². The van der Waals surface area contributed by atoms with Gasteiger partial charge in [0.2, 0.25) is 11.8 Å². The Morgan fingerprint density at radius 1 is 1.48 bits per heavy atom. The highest BCUT2D eigenvalue weighted by atomic mass is 32.2. The van der Waals surface area contributed by atoms with Crippen LogP contribution in [-0.2, 0) is 16.8 Å². The number of aryl methyl sites for hydroxylation is 1.